The number of carbonyl (C=O) groups is 1. The first-order valence-corrected chi connectivity index (χ1v) is 5.95. The van der Waals surface area contributed by atoms with E-state index in [2.05, 4.69) is 5.32 Å². The second-order valence-electron chi connectivity index (χ2n) is 4.53. The van der Waals surface area contributed by atoms with E-state index in [1.54, 1.807) is 0 Å². The van der Waals surface area contributed by atoms with Gasteiger partial charge in [0.25, 0.3) is 0 Å². The molecule has 0 bridgehead atoms. The molecule has 2 heterocycles. The summed E-state index contributed by atoms with van der Waals surface area (Å²) in [5, 5.41) is 2.93. The molecule has 1 aromatic rings. The van der Waals surface area contributed by atoms with E-state index < -0.39 is 0 Å². The molecule has 5 nitrogen and oxygen atoms in total. The number of nitrogens with one attached hydrogen (secondary N) is 1. The molecule has 2 amide bonds. The molecular weight excluding hydrogens is 218 g/mol. The van der Waals surface area contributed by atoms with E-state index in [0.717, 1.165) is 17.9 Å². The van der Waals surface area contributed by atoms with Crippen molar-refractivity contribution in [3.8, 4) is 0 Å². The van der Waals surface area contributed by atoms with Gasteiger partial charge in [-0.2, -0.15) is 0 Å². The van der Waals surface area contributed by atoms with Crippen LogP contribution in [0.1, 0.15) is 30.9 Å². The number of rotatable bonds is 4. The van der Waals surface area contributed by atoms with Crippen molar-refractivity contribution in [2.75, 3.05) is 13.1 Å². The molecule has 94 valence electrons. The van der Waals surface area contributed by atoms with Gasteiger partial charge in [0.2, 0.25) is 0 Å². The first-order valence-electron chi connectivity index (χ1n) is 5.95. The van der Waals surface area contributed by atoms with Gasteiger partial charge in [0.1, 0.15) is 17.6 Å². The summed E-state index contributed by atoms with van der Waals surface area (Å²) in [6.45, 7) is 5.15. The minimum Gasteiger partial charge on any atom is -0.464 e. The number of amides is 2. The Kier molecular flexibility index (Phi) is 3.38. The Bertz CT molecular complexity index is 402. The van der Waals surface area contributed by atoms with E-state index in [1.165, 1.54) is 0 Å². The third-order valence-corrected chi connectivity index (χ3v) is 3.16. The van der Waals surface area contributed by atoms with E-state index in [1.807, 2.05) is 30.9 Å². The highest BCUT2D eigenvalue weighted by molar-refractivity contribution is 5.77. The molecule has 17 heavy (non-hydrogen) atoms. The molecule has 2 unspecified atom stereocenters. The van der Waals surface area contributed by atoms with Gasteiger partial charge in [0.15, 0.2) is 0 Å². The van der Waals surface area contributed by atoms with Crippen LogP contribution in [0.15, 0.2) is 16.5 Å². The molecular formula is C12H19N3O2. The molecule has 1 fully saturated rings. The fraction of sp³-hybridized carbons (Fsp3) is 0.583. The van der Waals surface area contributed by atoms with E-state index >= 15 is 0 Å². The predicted molar refractivity (Wildman–Crippen MR) is 64.6 cm³/mol. The standard InChI is InChI=1S/C12H19N3O2/c1-8(5-6-13)15-7-10(14-12(15)16)11-4-3-9(2)17-11/h3-4,8,10H,5-7,13H2,1-2H3,(H,14,16). The van der Waals surface area contributed by atoms with Crippen LogP contribution in [0.4, 0.5) is 4.79 Å². The summed E-state index contributed by atoms with van der Waals surface area (Å²) in [5.41, 5.74) is 5.51. The van der Waals surface area contributed by atoms with Crippen LogP contribution in [0.3, 0.4) is 0 Å². The third-order valence-electron chi connectivity index (χ3n) is 3.16. The molecule has 1 aromatic heterocycles. The Labute approximate surface area is 101 Å². The molecule has 2 atom stereocenters. The van der Waals surface area contributed by atoms with Crippen LogP contribution in [0.25, 0.3) is 0 Å². The van der Waals surface area contributed by atoms with Crippen molar-refractivity contribution in [3.05, 3.63) is 23.7 Å². The quantitative estimate of drug-likeness (QED) is 0.831. The monoisotopic (exact) mass is 237 g/mol. The Hall–Kier alpha value is -1.49. The van der Waals surface area contributed by atoms with E-state index in [4.69, 9.17) is 10.2 Å². The minimum absolute atomic E-state index is 0.0370. The summed E-state index contributed by atoms with van der Waals surface area (Å²) in [6, 6.07) is 3.91. The normalized spacial score (nSPS) is 21.7. The van der Waals surface area contributed by atoms with Crippen molar-refractivity contribution in [2.24, 2.45) is 5.73 Å². The largest absolute Gasteiger partial charge is 0.464 e. The molecule has 0 aliphatic carbocycles. The van der Waals surface area contributed by atoms with Crippen LogP contribution in [0.5, 0.6) is 0 Å². The molecule has 0 radical (unpaired) electrons. The van der Waals surface area contributed by atoms with Gasteiger partial charge in [-0.1, -0.05) is 0 Å². The topological polar surface area (TPSA) is 71.5 Å². The lowest BCUT2D eigenvalue weighted by Crippen LogP contribution is -2.37. The second kappa shape index (κ2) is 4.79. The number of hydrogen-bond donors (Lipinski definition) is 2. The van der Waals surface area contributed by atoms with Gasteiger partial charge in [0, 0.05) is 6.04 Å². The number of hydrogen-bond acceptors (Lipinski definition) is 3. The number of aryl methyl sites for hydroxylation is 1. The summed E-state index contributed by atoms with van der Waals surface area (Å²) >= 11 is 0. The summed E-state index contributed by atoms with van der Waals surface area (Å²) in [4.78, 5) is 13.6. The summed E-state index contributed by atoms with van der Waals surface area (Å²) in [7, 11) is 0. The number of carbonyl (C=O) groups excluding carboxylic acids is 1. The van der Waals surface area contributed by atoms with Crippen molar-refractivity contribution in [1.29, 1.82) is 0 Å². The Morgan fingerprint density at radius 1 is 1.65 bits per heavy atom. The molecule has 0 spiro atoms. The van der Waals surface area contributed by atoms with E-state index in [0.29, 0.717) is 13.1 Å². The molecule has 1 aliphatic rings. The Morgan fingerprint density at radius 3 is 3.00 bits per heavy atom. The lowest BCUT2D eigenvalue weighted by molar-refractivity contribution is 0.199. The lowest BCUT2D eigenvalue weighted by Gasteiger charge is -2.22. The van der Waals surface area contributed by atoms with Crippen LogP contribution >= 0.6 is 0 Å². The maximum atomic E-state index is 11.8. The van der Waals surface area contributed by atoms with Crippen LogP contribution in [0.2, 0.25) is 0 Å². The number of nitrogens with two attached hydrogens (primary N) is 1. The van der Waals surface area contributed by atoms with Gasteiger partial charge < -0.3 is 20.4 Å². The van der Waals surface area contributed by atoms with Crippen molar-refractivity contribution in [1.82, 2.24) is 10.2 Å². The third kappa shape index (κ3) is 2.44. The lowest BCUT2D eigenvalue weighted by atomic mass is 10.2. The fourth-order valence-corrected chi connectivity index (χ4v) is 2.14. The Morgan fingerprint density at radius 2 is 2.41 bits per heavy atom. The molecule has 0 aromatic carbocycles. The summed E-state index contributed by atoms with van der Waals surface area (Å²) in [6.07, 6.45) is 0.817. The summed E-state index contributed by atoms with van der Waals surface area (Å²) in [5.74, 6) is 1.68. The van der Waals surface area contributed by atoms with Gasteiger partial charge in [-0.15, -0.1) is 0 Å². The highest BCUT2D eigenvalue weighted by Crippen LogP contribution is 2.24. The maximum Gasteiger partial charge on any atom is 0.318 e. The highest BCUT2D eigenvalue weighted by atomic mass is 16.3. The average molecular weight is 237 g/mol. The molecule has 1 aliphatic heterocycles. The number of furan rings is 1. The minimum atomic E-state index is -0.0450. The Balaban J connectivity index is 2.04. The van der Waals surface area contributed by atoms with Crippen LogP contribution < -0.4 is 11.1 Å². The zero-order valence-electron chi connectivity index (χ0n) is 10.3. The van der Waals surface area contributed by atoms with Crippen molar-refractivity contribution in [3.63, 3.8) is 0 Å². The second-order valence-corrected chi connectivity index (χ2v) is 4.53. The predicted octanol–water partition coefficient (Wildman–Crippen LogP) is 1.39. The van der Waals surface area contributed by atoms with Crippen LogP contribution in [-0.4, -0.2) is 30.1 Å². The molecule has 0 saturated carbocycles. The summed E-state index contributed by atoms with van der Waals surface area (Å²) < 4.78 is 5.54. The van der Waals surface area contributed by atoms with Crippen LogP contribution in [-0.2, 0) is 0 Å². The zero-order valence-corrected chi connectivity index (χ0v) is 10.3. The number of urea groups is 1. The van der Waals surface area contributed by atoms with Gasteiger partial charge in [-0.05, 0) is 38.9 Å². The van der Waals surface area contributed by atoms with Crippen molar-refractivity contribution in [2.45, 2.75) is 32.4 Å². The van der Waals surface area contributed by atoms with Gasteiger partial charge in [0.05, 0.1) is 6.54 Å². The van der Waals surface area contributed by atoms with E-state index in [9.17, 15) is 4.79 Å². The molecule has 2 rings (SSSR count). The molecule has 3 N–H and O–H groups in total. The van der Waals surface area contributed by atoms with Gasteiger partial charge in [-0.25, -0.2) is 4.79 Å². The first kappa shape index (κ1) is 12.0. The van der Waals surface area contributed by atoms with Gasteiger partial charge >= 0.3 is 6.03 Å². The average Bonchev–Trinajstić information content (AvgIpc) is 2.85. The SMILES string of the molecule is Cc1ccc(C2CN(C(C)CCN)C(=O)N2)o1. The van der Waals surface area contributed by atoms with E-state index in [-0.39, 0.29) is 18.1 Å². The first-order chi connectivity index (χ1) is 8.11. The molecule has 5 heteroatoms. The number of nitrogens with zero attached hydrogens (tertiary/aromatic N) is 1. The highest BCUT2D eigenvalue weighted by Gasteiger charge is 2.33. The maximum absolute atomic E-state index is 11.8. The zero-order chi connectivity index (χ0) is 12.4. The molecule has 1 saturated heterocycles. The fourth-order valence-electron chi connectivity index (χ4n) is 2.14. The van der Waals surface area contributed by atoms with Crippen LogP contribution in [0, 0.1) is 6.92 Å². The smallest absolute Gasteiger partial charge is 0.318 e. The van der Waals surface area contributed by atoms with Gasteiger partial charge in [-0.3, -0.25) is 0 Å². The van der Waals surface area contributed by atoms with Crippen molar-refractivity contribution < 1.29 is 9.21 Å². The van der Waals surface area contributed by atoms with Crippen molar-refractivity contribution >= 4 is 6.03 Å².